The Balaban J connectivity index is 2.23. The van der Waals surface area contributed by atoms with Gasteiger partial charge in [-0.05, 0) is 46.6 Å². The van der Waals surface area contributed by atoms with Crippen LogP contribution >= 0.6 is 43.5 Å². The third-order valence-electron chi connectivity index (χ3n) is 3.02. The maximum atomic E-state index is 11.3. The Morgan fingerprint density at radius 2 is 1.91 bits per heavy atom. The molecule has 4 nitrogen and oxygen atoms in total. The SMILES string of the molecule is COC(=O)Oc1cccc(Br)c1COc1cc(Cl)c(C)cc1Br. The predicted molar refractivity (Wildman–Crippen MR) is 95.4 cm³/mol. The topological polar surface area (TPSA) is 44.8 Å². The van der Waals surface area contributed by atoms with Crippen LogP contribution in [0.5, 0.6) is 11.5 Å². The van der Waals surface area contributed by atoms with Crippen LogP contribution in [0.1, 0.15) is 11.1 Å². The van der Waals surface area contributed by atoms with Crippen molar-refractivity contribution in [1.82, 2.24) is 0 Å². The van der Waals surface area contributed by atoms with Crippen molar-refractivity contribution in [2.75, 3.05) is 7.11 Å². The molecule has 7 heteroatoms. The van der Waals surface area contributed by atoms with Crippen molar-refractivity contribution in [3.05, 3.63) is 55.4 Å². The van der Waals surface area contributed by atoms with E-state index < -0.39 is 6.16 Å². The summed E-state index contributed by atoms with van der Waals surface area (Å²) in [6.45, 7) is 2.10. The summed E-state index contributed by atoms with van der Waals surface area (Å²) >= 11 is 13.0. The number of aryl methyl sites for hydroxylation is 1. The zero-order valence-corrected chi connectivity index (χ0v) is 16.3. The summed E-state index contributed by atoms with van der Waals surface area (Å²) in [5, 5.41) is 0.612. The highest BCUT2D eigenvalue weighted by Gasteiger charge is 2.14. The highest BCUT2D eigenvalue weighted by Crippen LogP contribution is 2.34. The first kappa shape index (κ1) is 18.1. The van der Waals surface area contributed by atoms with Crippen molar-refractivity contribution < 1.29 is 19.0 Å². The van der Waals surface area contributed by atoms with Gasteiger partial charge in [-0.3, -0.25) is 0 Å². The van der Waals surface area contributed by atoms with Crippen molar-refractivity contribution in [3.63, 3.8) is 0 Å². The van der Waals surface area contributed by atoms with E-state index in [9.17, 15) is 4.79 Å². The number of carbonyl (C=O) groups is 1. The van der Waals surface area contributed by atoms with Crippen molar-refractivity contribution >= 4 is 49.6 Å². The molecule has 0 aliphatic rings. The summed E-state index contributed by atoms with van der Waals surface area (Å²) in [6, 6.07) is 8.87. The summed E-state index contributed by atoms with van der Waals surface area (Å²) < 4.78 is 17.0. The summed E-state index contributed by atoms with van der Waals surface area (Å²) in [6.07, 6.45) is -0.788. The lowest BCUT2D eigenvalue weighted by molar-refractivity contribution is 0.120. The van der Waals surface area contributed by atoms with Gasteiger partial charge in [0.25, 0.3) is 0 Å². The molecule has 0 atom stereocenters. The van der Waals surface area contributed by atoms with Crippen LogP contribution < -0.4 is 9.47 Å². The first-order valence-corrected chi connectivity index (χ1v) is 8.50. The number of halogens is 3. The fourth-order valence-corrected chi connectivity index (χ4v) is 2.98. The van der Waals surface area contributed by atoms with Crippen LogP contribution in [-0.2, 0) is 11.3 Å². The minimum atomic E-state index is -0.788. The minimum absolute atomic E-state index is 0.186. The van der Waals surface area contributed by atoms with Crippen molar-refractivity contribution in [2.24, 2.45) is 0 Å². The molecule has 0 unspecified atom stereocenters. The van der Waals surface area contributed by atoms with E-state index in [4.69, 9.17) is 21.1 Å². The Labute approximate surface area is 155 Å². The van der Waals surface area contributed by atoms with Gasteiger partial charge in [-0.2, -0.15) is 0 Å². The molecule has 0 amide bonds. The molecule has 0 aliphatic heterocycles. The fourth-order valence-electron chi connectivity index (χ4n) is 1.79. The van der Waals surface area contributed by atoms with E-state index >= 15 is 0 Å². The van der Waals surface area contributed by atoms with Crippen LogP contribution in [0.3, 0.4) is 0 Å². The molecule has 2 aromatic rings. The highest BCUT2D eigenvalue weighted by molar-refractivity contribution is 9.10. The maximum Gasteiger partial charge on any atom is 0.513 e. The average molecular weight is 465 g/mol. The molecule has 0 radical (unpaired) electrons. The minimum Gasteiger partial charge on any atom is -0.487 e. The fraction of sp³-hybridized carbons (Fsp3) is 0.188. The molecule has 2 rings (SSSR count). The van der Waals surface area contributed by atoms with Gasteiger partial charge in [0.15, 0.2) is 0 Å². The van der Waals surface area contributed by atoms with E-state index in [-0.39, 0.29) is 6.61 Å². The molecule has 0 spiro atoms. The smallest absolute Gasteiger partial charge is 0.487 e. The molecule has 0 bridgehead atoms. The number of hydrogen-bond donors (Lipinski definition) is 0. The number of carbonyl (C=O) groups excluding carboxylic acids is 1. The average Bonchev–Trinajstić information content (AvgIpc) is 2.51. The third kappa shape index (κ3) is 4.62. The third-order valence-corrected chi connectivity index (χ3v) is 4.79. The first-order chi connectivity index (χ1) is 10.9. The van der Waals surface area contributed by atoms with Crippen LogP contribution in [0.25, 0.3) is 0 Å². The van der Waals surface area contributed by atoms with Crippen LogP contribution in [0.2, 0.25) is 5.02 Å². The van der Waals surface area contributed by atoms with E-state index in [1.54, 1.807) is 18.2 Å². The molecule has 0 aliphatic carbocycles. The van der Waals surface area contributed by atoms with Crippen LogP contribution in [0.4, 0.5) is 4.79 Å². The molecule has 0 aromatic heterocycles. The lowest BCUT2D eigenvalue weighted by Crippen LogP contribution is -2.10. The predicted octanol–water partition coefficient (Wildman–Crippen LogP) is 5.90. The molecular weight excluding hydrogens is 451 g/mol. The molecule has 0 saturated carbocycles. The van der Waals surface area contributed by atoms with E-state index in [0.717, 1.165) is 14.5 Å². The second-order valence-electron chi connectivity index (χ2n) is 4.59. The van der Waals surface area contributed by atoms with Gasteiger partial charge in [0.1, 0.15) is 18.1 Å². The molecule has 0 heterocycles. The van der Waals surface area contributed by atoms with Gasteiger partial charge in [-0.1, -0.05) is 33.6 Å². The van der Waals surface area contributed by atoms with Gasteiger partial charge >= 0.3 is 6.16 Å². The number of benzene rings is 2. The Bertz CT molecular complexity index is 734. The second-order valence-corrected chi connectivity index (χ2v) is 6.71. The van der Waals surface area contributed by atoms with Crippen LogP contribution in [-0.4, -0.2) is 13.3 Å². The van der Waals surface area contributed by atoms with Crippen molar-refractivity contribution in [3.8, 4) is 11.5 Å². The summed E-state index contributed by atoms with van der Waals surface area (Å²) in [7, 11) is 1.25. The number of rotatable bonds is 4. The summed E-state index contributed by atoms with van der Waals surface area (Å²) in [5.41, 5.74) is 1.63. The molecule has 2 aromatic carbocycles. The molecule has 0 saturated heterocycles. The zero-order chi connectivity index (χ0) is 17.0. The van der Waals surface area contributed by atoms with Crippen molar-refractivity contribution in [1.29, 1.82) is 0 Å². The van der Waals surface area contributed by atoms with Gasteiger partial charge < -0.3 is 14.2 Å². The molecule has 0 N–H and O–H groups in total. The molecule has 23 heavy (non-hydrogen) atoms. The van der Waals surface area contributed by atoms with Gasteiger partial charge in [0.2, 0.25) is 0 Å². The largest absolute Gasteiger partial charge is 0.513 e. The van der Waals surface area contributed by atoms with E-state index in [0.29, 0.717) is 22.1 Å². The molecule has 0 fully saturated rings. The lowest BCUT2D eigenvalue weighted by Gasteiger charge is -2.14. The normalized spacial score (nSPS) is 10.3. The quantitative estimate of drug-likeness (QED) is 0.418. The van der Waals surface area contributed by atoms with Gasteiger partial charge in [-0.15, -0.1) is 0 Å². The zero-order valence-electron chi connectivity index (χ0n) is 12.4. The lowest BCUT2D eigenvalue weighted by atomic mass is 10.2. The van der Waals surface area contributed by atoms with E-state index in [1.807, 2.05) is 19.1 Å². The van der Waals surface area contributed by atoms with Gasteiger partial charge in [-0.25, -0.2) is 4.79 Å². The Morgan fingerprint density at radius 3 is 2.61 bits per heavy atom. The Morgan fingerprint density at radius 1 is 1.17 bits per heavy atom. The Kier molecular flexibility index (Phi) is 6.33. The van der Waals surface area contributed by atoms with Crippen LogP contribution in [0, 0.1) is 6.92 Å². The van der Waals surface area contributed by atoms with Gasteiger partial charge in [0.05, 0.1) is 11.6 Å². The second kappa shape index (κ2) is 8.04. The highest BCUT2D eigenvalue weighted by atomic mass is 79.9. The number of methoxy groups -OCH3 is 1. The monoisotopic (exact) mass is 462 g/mol. The summed E-state index contributed by atoms with van der Waals surface area (Å²) in [5.74, 6) is 0.959. The molecular formula is C16H13Br2ClO4. The van der Waals surface area contributed by atoms with Gasteiger partial charge in [0, 0.05) is 21.1 Å². The molecule has 122 valence electrons. The van der Waals surface area contributed by atoms with Crippen molar-refractivity contribution in [2.45, 2.75) is 13.5 Å². The standard InChI is InChI=1S/C16H13Br2ClO4/c1-9-6-12(18)15(7-13(9)19)22-8-10-11(17)4-3-5-14(10)23-16(20)21-2/h3-7H,8H2,1-2H3. The summed E-state index contributed by atoms with van der Waals surface area (Å²) in [4.78, 5) is 11.3. The number of hydrogen-bond acceptors (Lipinski definition) is 4. The first-order valence-electron chi connectivity index (χ1n) is 6.54. The van der Waals surface area contributed by atoms with E-state index in [1.165, 1.54) is 7.11 Å². The van der Waals surface area contributed by atoms with Crippen LogP contribution in [0.15, 0.2) is 39.3 Å². The van der Waals surface area contributed by atoms with E-state index in [2.05, 4.69) is 36.6 Å². The number of ether oxygens (including phenoxy) is 3. The Hall–Kier alpha value is -1.24. The maximum absolute atomic E-state index is 11.3.